The molecule has 14 heavy (non-hydrogen) atoms. The van der Waals surface area contributed by atoms with Crippen molar-refractivity contribution >= 4 is 5.91 Å². The van der Waals surface area contributed by atoms with Crippen LogP contribution in [0.4, 0.5) is 0 Å². The summed E-state index contributed by atoms with van der Waals surface area (Å²) < 4.78 is 0. The van der Waals surface area contributed by atoms with Crippen molar-refractivity contribution in [2.24, 2.45) is 17.1 Å². The first-order chi connectivity index (χ1) is 6.45. The van der Waals surface area contributed by atoms with Crippen molar-refractivity contribution in [3.05, 3.63) is 0 Å². The number of carbonyl (C=O) groups is 1. The zero-order valence-electron chi connectivity index (χ0n) is 9.47. The minimum atomic E-state index is -0.433. The number of nitrogens with two attached hydrogens (primary N) is 1. The van der Waals surface area contributed by atoms with Crippen LogP contribution >= 0.6 is 0 Å². The van der Waals surface area contributed by atoms with Gasteiger partial charge in [0.25, 0.3) is 0 Å². The molecule has 1 rings (SSSR count). The van der Waals surface area contributed by atoms with Crippen LogP contribution in [0.15, 0.2) is 0 Å². The normalized spacial score (nSPS) is 19.1. The summed E-state index contributed by atoms with van der Waals surface area (Å²) in [5.74, 6) is 0.930. The summed E-state index contributed by atoms with van der Waals surface area (Å²) >= 11 is 0. The molecule has 0 aromatic rings. The first kappa shape index (κ1) is 11.5. The highest BCUT2D eigenvalue weighted by Gasteiger charge is 2.29. The molecule has 1 aliphatic carbocycles. The summed E-state index contributed by atoms with van der Waals surface area (Å²) in [7, 11) is 0. The van der Waals surface area contributed by atoms with Crippen molar-refractivity contribution in [1.82, 2.24) is 5.32 Å². The molecule has 3 nitrogen and oxygen atoms in total. The van der Waals surface area contributed by atoms with Gasteiger partial charge in [-0.25, -0.2) is 0 Å². The molecule has 0 aromatic heterocycles. The second-order valence-electron chi connectivity index (χ2n) is 5.14. The van der Waals surface area contributed by atoms with Crippen molar-refractivity contribution in [1.29, 1.82) is 0 Å². The van der Waals surface area contributed by atoms with E-state index in [9.17, 15) is 4.79 Å². The van der Waals surface area contributed by atoms with Gasteiger partial charge in [0.05, 0.1) is 5.41 Å². The lowest BCUT2D eigenvalue weighted by molar-refractivity contribution is -0.129. The molecule has 1 atom stereocenters. The minimum Gasteiger partial charge on any atom is -0.353 e. The van der Waals surface area contributed by atoms with Gasteiger partial charge in [0, 0.05) is 12.6 Å². The fraction of sp³-hybridized carbons (Fsp3) is 0.909. The lowest BCUT2D eigenvalue weighted by Gasteiger charge is -2.24. The van der Waals surface area contributed by atoms with Crippen LogP contribution in [0.5, 0.6) is 0 Å². The number of amides is 1. The Morgan fingerprint density at radius 1 is 1.57 bits per heavy atom. The quantitative estimate of drug-likeness (QED) is 0.699. The summed E-state index contributed by atoms with van der Waals surface area (Å²) in [5, 5.41) is 3.02. The molecule has 0 aromatic carbocycles. The Labute approximate surface area is 86.4 Å². The first-order valence-corrected chi connectivity index (χ1v) is 5.46. The standard InChI is InChI=1S/C11H22N2O/c1-8(6-9-4-5-9)13-10(14)11(2,3)7-12/h8-9H,4-7,12H2,1-3H3,(H,13,14). The average Bonchev–Trinajstić information content (AvgIpc) is 2.88. The third-order valence-corrected chi connectivity index (χ3v) is 2.89. The monoisotopic (exact) mass is 198 g/mol. The van der Waals surface area contributed by atoms with Crippen LogP contribution in [0, 0.1) is 11.3 Å². The molecular formula is C11H22N2O. The maximum Gasteiger partial charge on any atom is 0.227 e. The predicted molar refractivity (Wildman–Crippen MR) is 57.8 cm³/mol. The maximum absolute atomic E-state index is 11.7. The fourth-order valence-electron chi connectivity index (χ4n) is 1.42. The van der Waals surface area contributed by atoms with Crippen molar-refractivity contribution in [2.75, 3.05) is 6.54 Å². The molecular weight excluding hydrogens is 176 g/mol. The third-order valence-electron chi connectivity index (χ3n) is 2.89. The first-order valence-electron chi connectivity index (χ1n) is 5.46. The molecule has 82 valence electrons. The fourth-order valence-corrected chi connectivity index (χ4v) is 1.42. The summed E-state index contributed by atoms with van der Waals surface area (Å²) in [6.45, 7) is 6.23. The largest absolute Gasteiger partial charge is 0.353 e. The Bertz CT molecular complexity index is 209. The van der Waals surface area contributed by atoms with E-state index in [1.165, 1.54) is 12.8 Å². The van der Waals surface area contributed by atoms with Gasteiger partial charge in [0.2, 0.25) is 5.91 Å². The molecule has 1 saturated carbocycles. The van der Waals surface area contributed by atoms with E-state index in [1.807, 2.05) is 13.8 Å². The molecule has 0 bridgehead atoms. The van der Waals surface area contributed by atoms with Gasteiger partial charge in [0.1, 0.15) is 0 Å². The third kappa shape index (κ3) is 3.29. The zero-order valence-corrected chi connectivity index (χ0v) is 9.47. The topological polar surface area (TPSA) is 55.1 Å². The number of carbonyl (C=O) groups excluding carboxylic acids is 1. The maximum atomic E-state index is 11.7. The zero-order chi connectivity index (χ0) is 10.8. The van der Waals surface area contributed by atoms with Gasteiger partial charge in [-0.15, -0.1) is 0 Å². The van der Waals surface area contributed by atoms with Crippen LogP contribution in [0.25, 0.3) is 0 Å². The van der Waals surface area contributed by atoms with Gasteiger partial charge >= 0.3 is 0 Å². The van der Waals surface area contributed by atoms with Crippen molar-refractivity contribution < 1.29 is 4.79 Å². The minimum absolute atomic E-state index is 0.0770. The Balaban J connectivity index is 2.30. The number of nitrogens with one attached hydrogen (secondary N) is 1. The Kier molecular flexibility index (Phi) is 3.53. The average molecular weight is 198 g/mol. The van der Waals surface area contributed by atoms with E-state index in [1.54, 1.807) is 0 Å². The van der Waals surface area contributed by atoms with E-state index in [0.717, 1.165) is 12.3 Å². The van der Waals surface area contributed by atoms with Gasteiger partial charge in [0.15, 0.2) is 0 Å². The molecule has 0 aliphatic heterocycles. The highest BCUT2D eigenvalue weighted by atomic mass is 16.2. The number of hydrogen-bond acceptors (Lipinski definition) is 2. The second kappa shape index (κ2) is 4.30. The van der Waals surface area contributed by atoms with Crippen molar-refractivity contribution in [3.8, 4) is 0 Å². The molecule has 0 radical (unpaired) electrons. The molecule has 3 N–H and O–H groups in total. The van der Waals surface area contributed by atoms with E-state index in [4.69, 9.17) is 5.73 Å². The van der Waals surface area contributed by atoms with Crippen LogP contribution in [0.2, 0.25) is 0 Å². The van der Waals surface area contributed by atoms with E-state index in [-0.39, 0.29) is 5.91 Å². The van der Waals surface area contributed by atoms with E-state index in [0.29, 0.717) is 12.6 Å². The Hall–Kier alpha value is -0.570. The lowest BCUT2D eigenvalue weighted by atomic mass is 9.92. The van der Waals surface area contributed by atoms with Gasteiger partial charge in [-0.05, 0) is 33.1 Å². The lowest BCUT2D eigenvalue weighted by Crippen LogP contribution is -2.45. The molecule has 0 heterocycles. The summed E-state index contributed by atoms with van der Waals surface area (Å²) in [5.41, 5.74) is 5.10. The van der Waals surface area contributed by atoms with Crippen molar-refractivity contribution in [2.45, 2.75) is 46.1 Å². The summed E-state index contributed by atoms with van der Waals surface area (Å²) in [4.78, 5) is 11.7. The van der Waals surface area contributed by atoms with Crippen LogP contribution in [0.3, 0.4) is 0 Å². The van der Waals surface area contributed by atoms with Gasteiger partial charge in [-0.3, -0.25) is 4.79 Å². The molecule has 1 aliphatic rings. The van der Waals surface area contributed by atoms with Crippen LogP contribution in [-0.2, 0) is 4.79 Å². The van der Waals surface area contributed by atoms with Gasteiger partial charge in [-0.2, -0.15) is 0 Å². The predicted octanol–water partition coefficient (Wildman–Crippen LogP) is 1.28. The van der Waals surface area contributed by atoms with E-state index in [2.05, 4.69) is 12.2 Å². The van der Waals surface area contributed by atoms with Crippen LogP contribution in [-0.4, -0.2) is 18.5 Å². The number of rotatable bonds is 5. The SMILES string of the molecule is CC(CC1CC1)NC(=O)C(C)(C)CN. The molecule has 1 amide bonds. The number of hydrogen-bond donors (Lipinski definition) is 2. The van der Waals surface area contributed by atoms with E-state index < -0.39 is 5.41 Å². The van der Waals surface area contributed by atoms with Gasteiger partial charge in [-0.1, -0.05) is 12.8 Å². The van der Waals surface area contributed by atoms with E-state index >= 15 is 0 Å². The van der Waals surface area contributed by atoms with Gasteiger partial charge < -0.3 is 11.1 Å². The highest BCUT2D eigenvalue weighted by Crippen LogP contribution is 2.33. The summed E-state index contributed by atoms with van der Waals surface area (Å²) in [6, 6.07) is 0.292. The molecule has 1 fully saturated rings. The second-order valence-corrected chi connectivity index (χ2v) is 5.14. The Morgan fingerprint density at radius 2 is 2.14 bits per heavy atom. The smallest absolute Gasteiger partial charge is 0.227 e. The molecule has 0 saturated heterocycles. The van der Waals surface area contributed by atoms with Crippen LogP contribution in [0.1, 0.15) is 40.0 Å². The molecule has 3 heteroatoms. The highest BCUT2D eigenvalue weighted by molar-refractivity contribution is 5.82. The summed E-state index contributed by atoms with van der Waals surface area (Å²) in [6.07, 6.45) is 3.79. The van der Waals surface area contributed by atoms with Crippen LogP contribution < -0.4 is 11.1 Å². The Morgan fingerprint density at radius 3 is 2.57 bits per heavy atom. The molecule has 0 spiro atoms. The van der Waals surface area contributed by atoms with Crippen molar-refractivity contribution in [3.63, 3.8) is 0 Å². The molecule has 1 unspecified atom stereocenters.